The number of ether oxygens (including phenoxy) is 1. The molecule has 2 rings (SSSR count). The molecule has 21 heavy (non-hydrogen) atoms. The minimum Gasteiger partial charge on any atom is -0.435 e. The van der Waals surface area contributed by atoms with Gasteiger partial charge in [-0.25, -0.2) is 4.79 Å². The Morgan fingerprint density at radius 3 is 2.81 bits per heavy atom. The molecule has 6 nitrogen and oxygen atoms in total. The fourth-order valence-electron chi connectivity index (χ4n) is 2.73. The highest BCUT2D eigenvalue weighted by Gasteiger charge is 2.48. The van der Waals surface area contributed by atoms with Gasteiger partial charge in [0.15, 0.2) is 5.60 Å². The average molecular weight is 288 g/mol. The summed E-state index contributed by atoms with van der Waals surface area (Å²) in [7, 11) is 0. The van der Waals surface area contributed by atoms with Crippen LogP contribution in [0.15, 0.2) is 18.3 Å². The lowest BCUT2D eigenvalue weighted by Gasteiger charge is -2.34. The van der Waals surface area contributed by atoms with Crippen molar-refractivity contribution in [2.24, 2.45) is 5.73 Å². The Morgan fingerprint density at radius 1 is 1.57 bits per heavy atom. The third-order valence-corrected chi connectivity index (χ3v) is 3.84. The topological polar surface area (TPSA) is 92.2 Å². The van der Waals surface area contributed by atoms with Crippen molar-refractivity contribution in [1.82, 2.24) is 9.88 Å². The standard InChI is InChI=1S/C15H20N4O2/c1-14(2,3)19-8-6-15(10-19,21-13(17)20)12-11(9-16)5-4-7-18-12/h4-5,7H,6,8,10H2,1-3H3,(H2,17,20)/t15-/m0/s1. The molecule has 0 spiro atoms. The molecule has 1 fully saturated rings. The van der Waals surface area contributed by atoms with Crippen molar-refractivity contribution in [3.63, 3.8) is 0 Å². The molecular weight excluding hydrogens is 268 g/mol. The highest BCUT2D eigenvalue weighted by Crippen LogP contribution is 2.39. The molecular formula is C15H20N4O2. The zero-order valence-corrected chi connectivity index (χ0v) is 12.6. The number of nitrogens with two attached hydrogens (primary N) is 1. The smallest absolute Gasteiger partial charge is 0.405 e. The number of hydrogen-bond donors (Lipinski definition) is 1. The van der Waals surface area contributed by atoms with Crippen LogP contribution in [0.25, 0.3) is 0 Å². The van der Waals surface area contributed by atoms with Crippen molar-refractivity contribution in [3.05, 3.63) is 29.6 Å². The lowest BCUT2D eigenvalue weighted by Crippen LogP contribution is -2.44. The zero-order valence-electron chi connectivity index (χ0n) is 12.6. The van der Waals surface area contributed by atoms with E-state index in [1.165, 1.54) is 0 Å². The van der Waals surface area contributed by atoms with Gasteiger partial charge in [-0.15, -0.1) is 0 Å². The molecule has 0 saturated carbocycles. The first-order valence-electron chi connectivity index (χ1n) is 6.87. The van der Waals surface area contributed by atoms with Crippen molar-refractivity contribution in [2.45, 2.75) is 38.3 Å². The zero-order chi connectivity index (χ0) is 15.7. The maximum Gasteiger partial charge on any atom is 0.405 e. The van der Waals surface area contributed by atoms with E-state index in [0.29, 0.717) is 24.2 Å². The van der Waals surface area contributed by atoms with E-state index in [1.807, 2.05) is 0 Å². The van der Waals surface area contributed by atoms with Gasteiger partial charge >= 0.3 is 6.09 Å². The number of nitrogens with zero attached hydrogens (tertiary/aromatic N) is 3. The van der Waals surface area contributed by atoms with Crippen LogP contribution in [0, 0.1) is 11.3 Å². The van der Waals surface area contributed by atoms with E-state index in [0.717, 1.165) is 6.54 Å². The molecule has 1 saturated heterocycles. The van der Waals surface area contributed by atoms with Gasteiger partial charge in [-0.3, -0.25) is 9.88 Å². The van der Waals surface area contributed by atoms with Gasteiger partial charge in [0, 0.05) is 31.2 Å². The number of primary amides is 1. The Labute approximate surface area is 124 Å². The van der Waals surface area contributed by atoms with Crippen LogP contribution >= 0.6 is 0 Å². The van der Waals surface area contributed by atoms with E-state index in [-0.39, 0.29) is 5.54 Å². The lowest BCUT2D eigenvalue weighted by atomic mass is 9.94. The molecule has 0 bridgehead atoms. The molecule has 0 aliphatic carbocycles. The minimum atomic E-state index is -0.953. The molecule has 0 unspecified atom stereocenters. The molecule has 112 valence electrons. The van der Waals surface area contributed by atoms with E-state index in [2.05, 4.69) is 36.7 Å². The molecule has 1 amide bonds. The van der Waals surface area contributed by atoms with Gasteiger partial charge in [-0.05, 0) is 32.9 Å². The Balaban J connectivity index is 2.45. The SMILES string of the molecule is CC(C)(C)N1CC[C@@](OC(N)=O)(c2ncccc2C#N)C1. The summed E-state index contributed by atoms with van der Waals surface area (Å²) in [6.07, 6.45) is 1.32. The van der Waals surface area contributed by atoms with Crippen molar-refractivity contribution < 1.29 is 9.53 Å². The number of aromatic nitrogens is 1. The number of pyridine rings is 1. The summed E-state index contributed by atoms with van der Waals surface area (Å²) in [6, 6.07) is 5.48. The van der Waals surface area contributed by atoms with Crippen molar-refractivity contribution in [3.8, 4) is 6.07 Å². The Bertz CT molecular complexity index is 588. The van der Waals surface area contributed by atoms with Gasteiger partial charge in [0.05, 0.1) is 5.56 Å². The molecule has 2 N–H and O–H groups in total. The molecule has 2 heterocycles. The van der Waals surface area contributed by atoms with E-state index in [9.17, 15) is 10.1 Å². The predicted molar refractivity (Wildman–Crippen MR) is 77.2 cm³/mol. The summed E-state index contributed by atoms with van der Waals surface area (Å²) in [5.74, 6) is 0. The maximum atomic E-state index is 11.4. The summed E-state index contributed by atoms with van der Waals surface area (Å²) in [5.41, 5.74) is 5.13. The second-order valence-corrected chi connectivity index (χ2v) is 6.27. The molecule has 1 aliphatic heterocycles. The second kappa shape index (κ2) is 5.34. The summed E-state index contributed by atoms with van der Waals surface area (Å²) < 4.78 is 5.44. The molecule has 1 aliphatic rings. The van der Waals surface area contributed by atoms with Crippen LogP contribution in [0.1, 0.15) is 38.4 Å². The summed E-state index contributed by atoms with van der Waals surface area (Å²) in [5, 5.41) is 9.28. The van der Waals surface area contributed by atoms with Crippen LogP contribution in [0.5, 0.6) is 0 Å². The second-order valence-electron chi connectivity index (χ2n) is 6.27. The minimum absolute atomic E-state index is 0.0651. The van der Waals surface area contributed by atoms with Crippen molar-refractivity contribution >= 4 is 6.09 Å². The fourth-order valence-corrected chi connectivity index (χ4v) is 2.73. The average Bonchev–Trinajstić information content (AvgIpc) is 2.83. The first-order chi connectivity index (χ1) is 9.78. The van der Waals surface area contributed by atoms with Gasteiger partial charge in [0.1, 0.15) is 11.8 Å². The Hall–Kier alpha value is -2.13. The third kappa shape index (κ3) is 2.98. The lowest BCUT2D eigenvalue weighted by molar-refractivity contribution is 0.00830. The van der Waals surface area contributed by atoms with E-state index in [4.69, 9.17) is 10.5 Å². The number of rotatable bonds is 2. The molecule has 1 aromatic heterocycles. The third-order valence-electron chi connectivity index (χ3n) is 3.84. The number of amides is 1. The molecule has 0 aromatic carbocycles. The van der Waals surface area contributed by atoms with Crippen molar-refractivity contribution in [1.29, 1.82) is 5.26 Å². The number of nitriles is 1. The van der Waals surface area contributed by atoms with Gasteiger partial charge in [0.2, 0.25) is 0 Å². The van der Waals surface area contributed by atoms with Crippen LogP contribution in [-0.4, -0.2) is 34.6 Å². The number of carbonyl (C=O) groups excluding carboxylic acids is 1. The van der Waals surface area contributed by atoms with Crippen LogP contribution in [-0.2, 0) is 10.3 Å². The first kappa shape index (κ1) is 15.3. The van der Waals surface area contributed by atoms with Crippen LogP contribution in [0.4, 0.5) is 4.79 Å². The van der Waals surface area contributed by atoms with E-state index in [1.54, 1.807) is 18.3 Å². The molecule has 1 aromatic rings. The molecule has 0 radical (unpaired) electrons. The number of hydrogen-bond acceptors (Lipinski definition) is 5. The Kier molecular flexibility index (Phi) is 3.88. The van der Waals surface area contributed by atoms with E-state index >= 15 is 0 Å². The highest BCUT2D eigenvalue weighted by molar-refractivity contribution is 5.65. The molecule has 1 atom stereocenters. The summed E-state index contributed by atoms with van der Waals surface area (Å²) in [4.78, 5) is 17.9. The quantitative estimate of drug-likeness (QED) is 0.895. The summed E-state index contributed by atoms with van der Waals surface area (Å²) in [6.45, 7) is 7.51. The van der Waals surface area contributed by atoms with Crippen LogP contribution < -0.4 is 5.73 Å². The number of likely N-dealkylation sites (tertiary alicyclic amines) is 1. The summed E-state index contributed by atoms with van der Waals surface area (Å²) >= 11 is 0. The van der Waals surface area contributed by atoms with Crippen LogP contribution in [0.2, 0.25) is 0 Å². The van der Waals surface area contributed by atoms with Gasteiger partial charge < -0.3 is 10.5 Å². The van der Waals surface area contributed by atoms with E-state index < -0.39 is 11.7 Å². The van der Waals surface area contributed by atoms with Gasteiger partial charge in [-0.2, -0.15) is 5.26 Å². The normalized spacial score (nSPS) is 22.8. The van der Waals surface area contributed by atoms with Gasteiger partial charge in [-0.1, -0.05) is 0 Å². The fraction of sp³-hybridized carbons (Fsp3) is 0.533. The van der Waals surface area contributed by atoms with Crippen molar-refractivity contribution in [2.75, 3.05) is 13.1 Å². The maximum absolute atomic E-state index is 11.4. The molecule has 6 heteroatoms. The number of carbonyl (C=O) groups is 1. The van der Waals surface area contributed by atoms with Gasteiger partial charge in [0.25, 0.3) is 0 Å². The predicted octanol–water partition coefficient (Wildman–Crippen LogP) is 1.75. The monoisotopic (exact) mass is 288 g/mol. The first-order valence-corrected chi connectivity index (χ1v) is 6.87. The Morgan fingerprint density at radius 2 is 2.29 bits per heavy atom. The van der Waals surface area contributed by atoms with Crippen LogP contribution in [0.3, 0.4) is 0 Å². The highest BCUT2D eigenvalue weighted by atomic mass is 16.6. The largest absolute Gasteiger partial charge is 0.435 e.